The van der Waals surface area contributed by atoms with Gasteiger partial charge in [0.05, 0.1) is 17.6 Å². The lowest BCUT2D eigenvalue weighted by atomic mass is 9.47. The summed E-state index contributed by atoms with van der Waals surface area (Å²) in [5, 5.41) is 0. The molecule has 0 N–H and O–H groups in total. The van der Waals surface area contributed by atoms with Gasteiger partial charge in [-0.1, -0.05) is 95.9 Å². The van der Waals surface area contributed by atoms with E-state index >= 15 is 0 Å². The van der Waals surface area contributed by atoms with Crippen molar-refractivity contribution in [1.82, 2.24) is 0 Å². The van der Waals surface area contributed by atoms with Gasteiger partial charge < -0.3 is 4.74 Å². The second-order valence-electron chi connectivity index (χ2n) is 16.8. The predicted molar refractivity (Wildman–Crippen MR) is 195 cm³/mol. The summed E-state index contributed by atoms with van der Waals surface area (Å²) >= 11 is 0. The standard InChI is InChI=1S/C42H66O4S/c1-8-33(30(2)3)16-15-32(5)38-21-22-39-37-20-17-34-29-35(23-25-41(34,6)40(37)24-26-42(38,39)7)45-27-11-9-10-12-28-46-47(43,44)36-18-13-31(4)14-19-36/h13-19,30,32-33,35,37-40H,8-12,20-29H2,1-7H3/b16-15+/t32-,33-,35+,37+,38-,39+,40+,41+,42-/m1/s1. The predicted octanol–water partition coefficient (Wildman–Crippen LogP) is 11.1. The molecular formula is C42H66O4S. The van der Waals surface area contributed by atoms with Gasteiger partial charge in [-0.25, -0.2) is 0 Å². The number of allylic oxidation sites excluding steroid dienone is 3. The largest absolute Gasteiger partial charge is 0.378 e. The Hall–Kier alpha value is -1.43. The van der Waals surface area contributed by atoms with E-state index in [1.54, 1.807) is 29.8 Å². The molecule has 0 saturated heterocycles. The third-order valence-electron chi connectivity index (χ3n) is 13.7. The molecule has 0 aliphatic heterocycles. The fourth-order valence-corrected chi connectivity index (χ4v) is 11.6. The molecule has 3 fully saturated rings. The highest BCUT2D eigenvalue weighted by molar-refractivity contribution is 7.86. The van der Waals surface area contributed by atoms with Crippen molar-refractivity contribution in [2.45, 2.75) is 143 Å². The van der Waals surface area contributed by atoms with Crippen LogP contribution in [0.5, 0.6) is 0 Å². The number of hydrogen-bond donors (Lipinski definition) is 0. The smallest absolute Gasteiger partial charge is 0.296 e. The van der Waals surface area contributed by atoms with Crippen molar-refractivity contribution in [2.24, 2.45) is 52.3 Å². The fraction of sp³-hybridized carbons (Fsp3) is 0.762. The van der Waals surface area contributed by atoms with Crippen molar-refractivity contribution in [1.29, 1.82) is 0 Å². The lowest BCUT2D eigenvalue weighted by Crippen LogP contribution is -2.51. The van der Waals surface area contributed by atoms with Crippen molar-refractivity contribution in [3.05, 3.63) is 53.6 Å². The average molecular weight is 667 g/mol. The third kappa shape index (κ3) is 8.15. The molecule has 1 aromatic carbocycles. The van der Waals surface area contributed by atoms with Gasteiger partial charge in [0.1, 0.15) is 0 Å². The quantitative estimate of drug-likeness (QED) is 0.106. The summed E-state index contributed by atoms with van der Waals surface area (Å²) in [4.78, 5) is 0.234. The van der Waals surface area contributed by atoms with Gasteiger partial charge in [0, 0.05) is 6.61 Å². The molecule has 0 unspecified atom stereocenters. The van der Waals surface area contributed by atoms with Crippen LogP contribution in [0.3, 0.4) is 0 Å². The van der Waals surface area contributed by atoms with E-state index in [0.717, 1.165) is 73.9 Å². The Labute approximate surface area is 288 Å². The maximum Gasteiger partial charge on any atom is 0.296 e. The maximum absolute atomic E-state index is 12.4. The SMILES string of the molecule is CC[C@H](/C=C/[C@@H](C)[C@H]1CC[C@H]2[C@@H]3CC=C4C[C@@H](OCCCCCCOS(=O)(=O)c5ccc(C)cc5)CC[C@]4(C)[C@H]3CC[C@]12C)C(C)C. The Morgan fingerprint density at radius 1 is 0.894 bits per heavy atom. The number of hydrogen-bond acceptors (Lipinski definition) is 4. The highest BCUT2D eigenvalue weighted by Gasteiger charge is 2.59. The highest BCUT2D eigenvalue weighted by Crippen LogP contribution is 2.67. The summed E-state index contributed by atoms with van der Waals surface area (Å²) in [6.07, 6.45) is 23.7. The maximum atomic E-state index is 12.4. The van der Waals surface area contributed by atoms with Crippen LogP contribution >= 0.6 is 0 Å². The fourth-order valence-electron chi connectivity index (χ4n) is 10.7. The van der Waals surface area contributed by atoms with Gasteiger partial charge in [-0.3, -0.25) is 4.18 Å². The van der Waals surface area contributed by atoms with Crippen molar-refractivity contribution in [2.75, 3.05) is 13.2 Å². The van der Waals surface area contributed by atoms with Crippen molar-refractivity contribution >= 4 is 10.1 Å². The molecule has 264 valence electrons. The molecule has 1 aromatic rings. The third-order valence-corrected chi connectivity index (χ3v) is 15.0. The Morgan fingerprint density at radius 2 is 1.62 bits per heavy atom. The van der Waals surface area contributed by atoms with Crippen LogP contribution in [-0.4, -0.2) is 27.7 Å². The molecule has 4 aliphatic rings. The molecule has 0 aromatic heterocycles. The molecule has 9 atom stereocenters. The molecule has 0 heterocycles. The zero-order valence-corrected chi connectivity index (χ0v) is 31.6. The van der Waals surface area contributed by atoms with Gasteiger partial charge >= 0.3 is 0 Å². The zero-order chi connectivity index (χ0) is 33.8. The van der Waals surface area contributed by atoms with Crippen molar-refractivity contribution in [3.63, 3.8) is 0 Å². The van der Waals surface area contributed by atoms with Gasteiger partial charge in [0.2, 0.25) is 0 Å². The van der Waals surface area contributed by atoms with Gasteiger partial charge in [0.15, 0.2) is 0 Å². The first-order chi connectivity index (χ1) is 22.4. The Bertz CT molecular complexity index is 1330. The van der Waals surface area contributed by atoms with E-state index in [9.17, 15) is 8.42 Å². The van der Waals surface area contributed by atoms with E-state index in [4.69, 9.17) is 8.92 Å². The molecule has 4 nitrogen and oxygen atoms in total. The van der Waals surface area contributed by atoms with Crippen molar-refractivity contribution < 1.29 is 17.3 Å². The van der Waals surface area contributed by atoms with Crippen LogP contribution in [0.4, 0.5) is 0 Å². The lowest BCUT2D eigenvalue weighted by molar-refractivity contribution is -0.0615. The zero-order valence-electron chi connectivity index (χ0n) is 30.8. The van der Waals surface area contributed by atoms with E-state index in [0.29, 0.717) is 28.8 Å². The molecule has 0 radical (unpaired) electrons. The summed E-state index contributed by atoms with van der Waals surface area (Å²) < 4.78 is 36.5. The topological polar surface area (TPSA) is 52.6 Å². The molecule has 0 bridgehead atoms. The number of fused-ring (bicyclic) bond motifs is 5. The van der Waals surface area contributed by atoms with Gasteiger partial charge in [-0.2, -0.15) is 8.42 Å². The summed E-state index contributed by atoms with van der Waals surface area (Å²) in [6.45, 7) is 17.9. The number of benzene rings is 1. The number of ether oxygens (including phenoxy) is 1. The van der Waals surface area contributed by atoms with E-state index in [2.05, 4.69) is 59.8 Å². The number of aryl methyl sites for hydroxylation is 1. The van der Waals surface area contributed by atoms with Crippen LogP contribution in [-0.2, 0) is 19.0 Å². The molecule has 3 saturated carbocycles. The minimum absolute atomic E-state index is 0.234. The normalized spacial score (nSPS) is 33.7. The second-order valence-corrected chi connectivity index (χ2v) is 18.4. The van der Waals surface area contributed by atoms with E-state index in [1.165, 1.54) is 51.4 Å². The molecular weight excluding hydrogens is 601 g/mol. The highest BCUT2D eigenvalue weighted by atomic mass is 32.2. The Morgan fingerprint density at radius 3 is 2.32 bits per heavy atom. The molecule has 0 amide bonds. The summed E-state index contributed by atoms with van der Waals surface area (Å²) in [6, 6.07) is 6.83. The first-order valence-corrected chi connectivity index (χ1v) is 20.8. The molecule has 0 spiro atoms. The lowest BCUT2D eigenvalue weighted by Gasteiger charge is -2.58. The summed E-state index contributed by atoms with van der Waals surface area (Å²) in [5.74, 6) is 5.53. The minimum atomic E-state index is -3.67. The monoisotopic (exact) mass is 666 g/mol. The minimum Gasteiger partial charge on any atom is -0.378 e. The van der Waals surface area contributed by atoms with Crippen LogP contribution < -0.4 is 0 Å². The van der Waals surface area contributed by atoms with Crippen molar-refractivity contribution in [3.8, 4) is 0 Å². The van der Waals surface area contributed by atoms with Gasteiger partial charge in [-0.15, -0.1) is 0 Å². The van der Waals surface area contributed by atoms with E-state index in [-0.39, 0.29) is 11.5 Å². The first kappa shape index (κ1) is 36.8. The van der Waals surface area contributed by atoms with Gasteiger partial charge in [0.25, 0.3) is 10.1 Å². The van der Waals surface area contributed by atoms with Crippen LogP contribution in [0.15, 0.2) is 53.0 Å². The summed E-state index contributed by atoms with van der Waals surface area (Å²) in [5.41, 5.74) is 3.59. The van der Waals surface area contributed by atoms with Crippen LogP contribution in [0.25, 0.3) is 0 Å². The second kappa shape index (κ2) is 15.6. The molecule has 5 heteroatoms. The van der Waals surface area contributed by atoms with Crippen LogP contribution in [0, 0.1) is 59.2 Å². The Kier molecular flexibility index (Phi) is 12.3. The number of rotatable bonds is 15. The Balaban J connectivity index is 1.05. The molecule has 5 rings (SSSR count). The summed E-state index contributed by atoms with van der Waals surface area (Å²) in [7, 11) is -3.67. The average Bonchev–Trinajstić information content (AvgIpc) is 3.40. The van der Waals surface area contributed by atoms with Crippen LogP contribution in [0.2, 0.25) is 0 Å². The van der Waals surface area contributed by atoms with E-state index in [1.807, 2.05) is 6.92 Å². The first-order valence-electron chi connectivity index (χ1n) is 19.3. The molecule has 4 aliphatic carbocycles. The molecule has 47 heavy (non-hydrogen) atoms. The van der Waals surface area contributed by atoms with Crippen LogP contribution in [0.1, 0.15) is 131 Å². The number of unbranched alkanes of at least 4 members (excludes halogenated alkanes) is 3. The van der Waals surface area contributed by atoms with E-state index < -0.39 is 10.1 Å². The van der Waals surface area contributed by atoms with Gasteiger partial charge in [-0.05, 0) is 142 Å².